The lowest BCUT2D eigenvalue weighted by molar-refractivity contribution is 0.567. The van der Waals surface area contributed by atoms with Crippen LogP contribution in [-0.2, 0) is 6.42 Å². The van der Waals surface area contributed by atoms with Gasteiger partial charge in [-0.3, -0.25) is 0 Å². The first-order valence-electron chi connectivity index (χ1n) is 5.51. The van der Waals surface area contributed by atoms with Crippen LogP contribution in [0, 0.1) is 17.5 Å². The van der Waals surface area contributed by atoms with E-state index < -0.39 is 22.8 Å². The van der Waals surface area contributed by atoms with E-state index in [2.05, 4.69) is 0 Å². The molecule has 0 aromatic heterocycles. The lowest BCUT2D eigenvalue weighted by atomic mass is 10.0. The highest BCUT2D eigenvalue weighted by Crippen LogP contribution is 2.33. The van der Waals surface area contributed by atoms with Gasteiger partial charge in [0, 0.05) is 16.7 Å². The van der Waals surface area contributed by atoms with E-state index in [1.165, 1.54) is 24.3 Å². The molecular formula is C14H9Cl2F3. The van der Waals surface area contributed by atoms with Gasteiger partial charge in [-0.25, -0.2) is 13.2 Å². The summed E-state index contributed by atoms with van der Waals surface area (Å²) in [5.74, 6) is -1.93. The molecule has 0 fully saturated rings. The Morgan fingerprint density at radius 3 is 2.37 bits per heavy atom. The Bertz CT molecular complexity index is 579. The first kappa shape index (κ1) is 14.2. The van der Waals surface area contributed by atoms with Crippen molar-refractivity contribution in [2.75, 3.05) is 0 Å². The fourth-order valence-corrected chi connectivity index (χ4v) is 2.53. The Morgan fingerprint density at radius 2 is 1.74 bits per heavy atom. The average Bonchev–Trinajstić information content (AvgIpc) is 2.32. The predicted molar refractivity (Wildman–Crippen MR) is 70.1 cm³/mol. The number of halogens is 5. The van der Waals surface area contributed by atoms with Gasteiger partial charge in [0.1, 0.15) is 17.5 Å². The number of hydrogen-bond donors (Lipinski definition) is 0. The number of rotatable bonds is 3. The maximum Gasteiger partial charge on any atom is 0.129 e. The zero-order valence-electron chi connectivity index (χ0n) is 9.64. The number of hydrogen-bond acceptors (Lipinski definition) is 0. The minimum atomic E-state index is -0.825. The van der Waals surface area contributed by atoms with Gasteiger partial charge in [0.25, 0.3) is 0 Å². The highest BCUT2D eigenvalue weighted by molar-refractivity contribution is 6.32. The minimum Gasteiger partial charge on any atom is -0.207 e. The van der Waals surface area contributed by atoms with Gasteiger partial charge >= 0.3 is 0 Å². The Kier molecular flexibility index (Phi) is 4.38. The average molecular weight is 305 g/mol. The molecule has 1 unspecified atom stereocenters. The molecule has 0 bridgehead atoms. The Hall–Kier alpha value is -1.19. The highest BCUT2D eigenvalue weighted by atomic mass is 35.5. The van der Waals surface area contributed by atoms with Gasteiger partial charge in [-0.05, 0) is 30.2 Å². The maximum atomic E-state index is 13.6. The van der Waals surface area contributed by atoms with Gasteiger partial charge in [0.15, 0.2) is 0 Å². The zero-order chi connectivity index (χ0) is 14.0. The van der Waals surface area contributed by atoms with Crippen LogP contribution in [0.25, 0.3) is 0 Å². The molecule has 5 heteroatoms. The quantitative estimate of drug-likeness (QED) is 0.677. The monoisotopic (exact) mass is 304 g/mol. The highest BCUT2D eigenvalue weighted by Gasteiger charge is 2.18. The van der Waals surface area contributed by atoms with Crippen molar-refractivity contribution in [1.82, 2.24) is 0 Å². The molecule has 0 saturated heterocycles. The molecular weight excluding hydrogens is 296 g/mol. The second kappa shape index (κ2) is 5.85. The van der Waals surface area contributed by atoms with Crippen LogP contribution in [0.5, 0.6) is 0 Å². The fraction of sp³-hybridized carbons (Fsp3) is 0.143. The van der Waals surface area contributed by atoms with E-state index in [0.29, 0.717) is 0 Å². The molecule has 1 atom stereocenters. The topological polar surface area (TPSA) is 0 Å². The van der Waals surface area contributed by atoms with Crippen LogP contribution in [-0.4, -0.2) is 0 Å². The molecule has 2 aromatic rings. The Balaban J connectivity index is 2.28. The molecule has 0 N–H and O–H groups in total. The van der Waals surface area contributed by atoms with Crippen LogP contribution in [0.3, 0.4) is 0 Å². The summed E-state index contributed by atoms with van der Waals surface area (Å²) in [6, 6.07) is 7.39. The van der Waals surface area contributed by atoms with Crippen molar-refractivity contribution >= 4 is 23.2 Å². The van der Waals surface area contributed by atoms with Crippen molar-refractivity contribution in [3.8, 4) is 0 Å². The van der Waals surface area contributed by atoms with E-state index >= 15 is 0 Å². The summed E-state index contributed by atoms with van der Waals surface area (Å²) in [4.78, 5) is 0. The van der Waals surface area contributed by atoms with Gasteiger partial charge in [0.2, 0.25) is 0 Å². The molecule has 100 valence electrons. The summed E-state index contributed by atoms with van der Waals surface area (Å²) in [5, 5.41) is -0.642. The molecule has 0 spiro atoms. The minimum absolute atomic E-state index is 0.0221. The summed E-state index contributed by atoms with van der Waals surface area (Å²) < 4.78 is 39.9. The smallest absolute Gasteiger partial charge is 0.129 e. The SMILES string of the molecule is Fc1ccc(CC(Cl)c2c(F)cccc2Cl)c(F)c1. The third kappa shape index (κ3) is 3.23. The van der Waals surface area contributed by atoms with Gasteiger partial charge < -0.3 is 0 Å². The molecule has 19 heavy (non-hydrogen) atoms. The van der Waals surface area contributed by atoms with Crippen molar-refractivity contribution in [3.63, 3.8) is 0 Å². The molecule has 0 saturated carbocycles. The summed E-state index contributed by atoms with van der Waals surface area (Å²) in [6.07, 6.45) is 0.0221. The third-order valence-corrected chi connectivity index (χ3v) is 3.43. The summed E-state index contributed by atoms with van der Waals surface area (Å²) in [7, 11) is 0. The van der Waals surface area contributed by atoms with Gasteiger partial charge in [-0.2, -0.15) is 0 Å². The van der Waals surface area contributed by atoms with Crippen LogP contribution in [0.2, 0.25) is 5.02 Å². The molecule has 2 aromatic carbocycles. The Labute approximate surface area is 118 Å². The van der Waals surface area contributed by atoms with Crippen LogP contribution in [0.1, 0.15) is 16.5 Å². The largest absolute Gasteiger partial charge is 0.207 e. The molecule has 0 nitrogen and oxygen atoms in total. The van der Waals surface area contributed by atoms with Gasteiger partial charge in [-0.15, -0.1) is 11.6 Å². The lowest BCUT2D eigenvalue weighted by Gasteiger charge is -2.13. The van der Waals surface area contributed by atoms with E-state index in [9.17, 15) is 13.2 Å². The van der Waals surface area contributed by atoms with Crippen LogP contribution < -0.4 is 0 Å². The van der Waals surface area contributed by atoms with Crippen molar-refractivity contribution in [2.24, 2.45) is 0 Å². The first-order valence-corrected chi connectivity index (χ1v) is 6.32. The molecule has 0 radical (unpaired) electrons. The standard InChI is InChI=1S/C14H9Cl2F3/c15-10-2-1-3-12(18)14(10)11(16)6-8-4-5-9(17)7-13(8)19/h1-5,7,11H,6H2. The molecule has 0 aliphatic rings. The normalized spacial score (nSPS) is 12.5. The van der Waals surface area contributed by atoms with Gasteiger partial charge in [0.05, 0.1) is 5.38 Å². The van der Waals surface area contributed by atoms with Crippen LogP contribution >= 0.6 is 23.2 Å². The second-order valence-electron chi connectivity index (χ2n) is 4.04. The molecule has 0 amide bonds. The second-order valence-corrected chi connectivity index (χ2v) is 4.98. The molecule has 2 rings (SSSR count). The van der Waals surface area contributed by atoms with Gasteiger partial charge in [-0.1, -0.05) is 23.7 Å². The van der Waals surface area contributed by atoms with Crippen molar-refractivity contribution in [3.05, 3.63) is 70.0 Å². The van der Waals surface area contributed by atoms with E-state index in [-0.39, 0.29) is 22.6 Å². The third-order valence-electron chi connectivity index (χ3n) is 2.73. The Morgan fingerprint density at radius 1 is 1.00 bits per heavy atom. The van der Waals surface area contributed by atoms with Crippen molar-refractivity contribution in [1.29, 1.82) is 0 Å². The summed E-state index contributed by atoms with van der Waals surface area (Å²) >= 11 is 12.0. The fourth-order valence-electron chi connectivity index (χ4n) is 1.79. The summed E-state index contributed by atoms with van der Waals surface area (Å²) in [5.41, 5.74) is 0.329. The number of benzene rings is 2. The summed E-state index contributed by atoms with van der Waals surface area (Å²) in [6.45, 7) is 0. The van der Waals surface area contributed by atoms with E-state index in [1.807, 2.05) is 0 Å². The molecule has 0 heterocycles. The van der Waals surface area contributed by atoms with E-state index in [4.69, 9.17) is 23.2 Å². The van der Waals surface area contributed by atoms with Crippen LogP contribution in [0.4, 0.5) is 13.2 Å². The predicted octanol–water partition coefficient (Wildman–Crippen LogP) is 5.28. The number of alkyl halides is 1. The van der Waals surface area contributed by atoms with E-state index in [0.717, 1.165) is 12.1 Å². The van der Waals surface area contributed by atoms with Crippen molar-refractivity contribution in [2.45, 2.75) is 11.8 Å². The first-order chi connectivity index (χ1) is 8.99. The molecule has 0 aliphatic heterocycles. The van der Waals surface area contributed by atoms with E-state index in [1.54, 1.807) is 0 Å². The van der Waals surface area contributed by atoms with Crippen LogP contribution in [0.15, 0.2) is 36.4 Å². The zero-order valence-corrected chi connectivity index (χ0v) is 11.2. The molecule has 0 aliphatic carbocycles. The lowest BCUT2D eigenvalue weighted by Crippen LogP contribution is -2.02. The maximum absolute atomic E-state index is 13.6. The van der Waals surface area contributed by atoms with Crippen molar-refractivity contribution < 1.29 is 13.2 Å².